The van der Waals surface area contributed by atoms with Crippen LogP contribution in [-0.2, 0) is 0 Å². The fourth-order valence-electron chi connectivity index (χ4n) is 3.25. The molecule has 0 saturated heterocycles. The number of para-hydroxylation sites is 1. The smallest absolute Gasteiger partial charge is 0.211 e. The number of halogens is 2. The number of carbonyl (C=O) groups is 1. The average Bonchev–Trinajstić information content (AvgIpc) is 3.11. The largest absolute Gasteiger partial charge is 0.396 e. The second kappa shape index (κ2) is 9.62. The maximum Gasteiger partial charge on any atom is 0.211 e. The molecule has 0 aliphatic carbocycles. The zero-order chi connectivity index (χ0) is 23.5. The van der Waals surface area contributed by atoms with Gasteiger partial charge in [-0.3, -0.25) is 4.79 Å². The molecule has 0 atom stereocenters. The first-order chi connectivity index (χ1) is 15.8. The van der Waals surface area contributed by atoms with Gasteiger partial charge in [-0.25, -0.2) is 4.98 Å². The minimum atomic E-state index is -0.347. The number of hydrogen-bond donors (Lipinski definition) is 4. The lowest BCUT2D eigenvalue weighted by atomic mass is 10.1. The molecule has 5 N–H and O–H groups in total. The molecular weight excluding hydrogens is 477 g/mol. The molecule has 6 nitrogen and oxygen atoms in total. The Morgan fingerprint density at radius 2 is 1.82 bits per heavy atom. The second-order valence-electron chi connectivity index (χ2n) is 7.29. The van der Waals surface area contributed by atoms with Crippen LogP contribution >= 0.6 is 35.4 Å². The zero-order valence-corrected chi connectivity index (χ0v) is 19.8. The van der Waals surface area contributed by atoms with E-state index in [9.17, 15) is 4.79 Å². The van der Waals surface area contributed by atoms with Crippen molar-refractivity contribution in [3.8, 4) is 0 Å². The molecule has 0 fully saturated rings. The van der Waals surface area contributed by atoms with Gasteiger partial charge in [0.05, 0.1) is 21.3 Å². The minimum absolute atomic E-state index is 0.177. The summed E-state index contributed by atoms with van der Waals surface area (Å²) in [6.07, 6.45) is 1.69. The zero-order valence-electron chi connectivity index (χ0n) is 17.4. The number of nitrogen functional groups attached to an aromatic ring is 1. The number of carbonyl (C=O) groups excluding carboxylic acids is 1. The van der Waals surface area contributed by atoms with Crippen molar-refractivity contribution in [1.29, 1.82) is 0 Å². The summed E-state index contributed by atoms with van der Waals surface area (Å²) in [4.78, 5) is 21.0. The Balaban J connectivity index is 1.77. The van der Waals surface area contributed by atoms with Crippen molar-refractivity contribution in [3.63, 3.8) is 0 Å². The Labute approximate surface area is 206 Å². The standard InChI is InChI=1S/C24H19Cl2N5OS/c1-13-9-10-28-18(11-13)30-23-19(24(33)29-15-5-3-2-4-6-15)20(27)21(31-23)22(32)14-7-8-16(25)17(26)12-14/h2-12,31H,27H2,1H3,(H,28,30)(H,29,33). The summed E-state index contributed by atoms with van der Waals surface area (Å²) in [5, 5.41) is 6.99. The first-order valence-corrected chi connectivity index (χ1v) is 11.1. The summed E-state index contributed by atoms with van der Waals surface area (Å²) < 4.78 is 0. The first kappa shape index (κ1) is 22.8. The summed E-state index contributed by atoms with van der Waals surface area (Å²) in [6, 6.07) is 17.9. The SMILES string of the molecule is Cc1ccnc(Nc2[nH]c(C(=O)c3ccc(Cl)c(Cl)c3)c(N)c2C(=S)Nc2ccccc2)c1. The highest BCUT2D eigenvalue weighted by atomic mass is 35.5. The summed E-state index contributed by atoms with van der Waals surface area (Å²) in [5.41, 5.74) is 9.44. The molecule has 2 aromatic heterocycles. The Hall–Kier alpha value is -3.39. The topological polar surface area (TPSA) is 95.8 Å². The highest BCUT2D eigenvalue weighted by molar-refractivity contribution is 7.81. The fraction of sp³-hybridized carbons (Fsp3) is 0.0417. The number of benzene rings is 2. The predicted molar refractivity (Wildman–Crippen MR) is 139 cm³/mol. The van der Waals surface area contributed by atoms with Gasteiger partial charge in [0.2, 0.25) is 5.78 Å². The summed E-state index contributed by atoms with van der Waals surface area (Å²) >= 11 is 17.8. The molecule has 9 heteroatoms. The molecule has 33 heavy (non-hydrogen) atoms. The molecule has 0 radical (unpaired) electrons. The molecular formula is C24H19Cl2N5OS. The van der Waals surface area contributed by atoms with Crippen LogP contribution in [0.2, 0.25) is 10.0 Å². The molecule has 0 bridgehead atoms. The molecule has 0 amide bonds. The van der Waals surface area contributed by atoms with Crippen LogP contribution in [0.5, 0.6) is 0 Å². The fourth-order valence-corrected chi connectivity index (χ4v) is 3.88. The van der Waals surface area contributed by atoms with Gasteiger partial charge in [0.1, 0.15) is 22.3 Å². The van der Waals surface area contributed by atoms with E-state index >= 15 is 0 Å². The van der Waals surface area contributed by atoms with Gasteiger partial charge in [-0.05, 0) is 55.0 Å². The van der Waals surface area contributed by atoms with E-state index in [2.05, 4.69) is 20.6 Å². The molecule has 0 unspecified atom stereocenters. The van der Waals surface area contributed by atoms with Crippen molar-refractivity contribution in [2.75, 3.05) is 16.4 Å². The van der Waals surface area contributed by atoms with Crippen LogP contribution < -0.4 is 16.4 Å². The molecule has 0 aliphatic rings. The Kier molecular flexibility index (Phi) is 6.65. The lowest BCUT2D eigenvalue weighted by Crippen LogP contribution is -2.14. The Morgan fingerprint density at radius 3 is 2.52 bits per heavy atom. The second-order valence-corrected chi connectivity index (χ2v) is 8.51. The van der Waals surface area contributed by atoms with Crippen molar-refractivity contribution in [2.24, 2.45) is 0 Å². The lowest BCUT2D eigenvalue weighted by molar-refractivity contribution is 0.103. The maximum atomic E-state index is 13.3. The van der Waals surface area contributed by atoms with E-state index in [1.807, 2.05) is 49.4 Å². The van der Waals surface area contributed by atoms with Gasteiger partial charge in [0, 0.05) is 17.4 Å². The van der Waals surface area contributed by atoms with E-state index in [4.69, 9.17) is 41.2 Å². The number of aryl methyl sites for hydroxylation is 1. The van der Waals surface area contributed by atoms with Crippen molar-refractivity contribution in [1.82, 2.24) is 9.97 Å². The van der Waals surface area contributed by atoms with Crippen molar-refractivity contribution in [3.05, 3.63) is 99.3 Å². The quantitative estimate of drug-likeness (QED) is 0.183. The molecule has 4 rings (SSSR count). The number of nitrogens with zero attached hydrogens (tertiary/aromatic N) is 1. The maximum absolute atomic E-state index is 13.3. The van der Waals surface area contributed by atoms with E-state index in [1.165, 1.54) is 6.07 Å². The van der Waals surface area contributed by atoms with Gasteiger partial charge >= 0.3 is 0 Å². The number of hydrogen-bond acceptors (Lipinski definition) is 5. The van der Waals surface area contributed by atoms with Crippen LogP contribution in [0.3, 0.4) is 0 Å². The number of H-pyrrole nitrogens is 1. The van der Waals surface area contributed by atoms with E-state index in [0.29, 0.717) is 32.8 Å². The van der Waals surface area contributed by atoms with Crippen LogP contribution in [0, 0.1) is 6.92 Å². The van der Waals surface area contributed by atoms with Crippen LogP contribution in [0.1, 0.15) is 27.2 Å². The van der Waals surface area contributed by atoms with Crippen LogP contribution in [-0.4, -0.2) is 20.7 Å². The number of rotatable bonds is 6. The average molecular weight is 496 g/mol. The number of aromatic nitrogens is 2. The third-order valence-corrected chi connectivity index (χ3v) is 5.92. The van der Waals surface area contributed by atoms with Gasteiger partial charge in [0.25, 0.3) is 0 Å². The highest BCUT2D eigenvalue weighted by Gasteiger charge is 2.25. The van der Waals surface area contributed by atoms with Gasteiger partial charge < -0.3 is 21.4 Å². The van der Waals surface area contributed by atoms with E-state index in [1.54, 1.807) is 18.3 Å². The number of anilines is 4. The normalized spacial score (nSPS) is 10.6. The van der Waals surface area contributed by atoms with Crippen molar-refractivity contribution in [2.45, 2.75) is 6.92 Å². The third kappa shape index (κ3) is 5.01. The number of pyridine rings is 1. The van der Waals surface area contributed by atoms with Gasteiger partial charge in [-0.1, -0.05) is 53.6 Å². The van der Waals surface area contributed by atoms with E-state index in [-0.39, 0.29) is 22.2 Å². The van der Waals surface area contributed by atoms with Crippen molar-refractivity contribution < 1.29 is 4.79 Å². The number of thiocarbonyl (C=S) groups is 1. The minimum Gasteiger partial charge on any atom is -0.396 e. The van der Waals surface area contributed by atoms with E-state index in [0.717, 1.165) is 11.3 Å². The van der Waals surface area contributed by atoms with Crippen LogP contribution in [0.25, 0.3) is 0 Å². The number of nitrogens with one attached hydrogen (secondary N) is 3. The molecule has 0 aliphatic heterocycles. The van der Waals surface area contributed by atoms with Crippen molar-refractivity contribution >= 4 is 69.2 Å². The molecule has 2 heterocycles. The first-order valence-electron chi connectivity index (χ1n) is 9.90. The van der Waals surface area contributed by atoms with Gasteiger partial charge in [0.15, 0.2) is 0 Å². The molecule has 4 aromatic rings. The summed E-state index contributed by atoms with van der Waals surface area (Å²) in [7, 11) is 0. The third-order valence-electron chi connectivity index (χ3n) is 4.87. The number of aromatic amines is 1. The Bertz CT molecular complexity index is 1350. The van der Waals surface area contributed by atoms with E-state index < -0.39 is 0 Å². The summed E-state index contributed by atoms with van der Waals surface area (Å²) in [5.74, 6) is 0.677. The molecule has 166 valence electrons. The van der Waals surface area contributed by atoms with Crippen LogP contribution in [0.15, 0.2) is 66.9 Å². The van der Waals surface area contributed by atoms with Gasteiger partial charge in [-0.2, -0.15) is 0 Å². The molecule has 2 aromatic carbocycles. The lowest BCUT2D eigenvalue weighted by Gasteiger charge is -2.11. The predicted octanol–water partition coefficient (Wildman–Crippen LogP) is 6.37. The number of nitrogens with two attached hydrogens (primary N) is 1. The summed E-state index contributed by atoms with van der Waals surface area (Å²) in [6.45, 7) is 1.96. The van der Waals surface area contributed by atoms with Crippen LogP contribution in [0.4, 0.5) is 23.0 Å². The molecule has 0 saturated carbocycles. The van der Waals surface area contributed by atoms with Gasteiger partial charge in [-0.15, -0.1) is 0 Å². The highest BCUT2D eigenvalue weighted by Crippen LogP contribution is 2.32. The number of ketones is 1. The molecule has 0 spiro atoms. The Morgan fingerprint density at radius 1 is 1.06 bits per heavy atom. The monoisotopic (exact) mass is 495 g/mol.